The smallest absolute Gasteiger partial charge is 0.225 e. The van der Waals surface area contributed by atoms with Crippen molar-refractivity contribution in [2.24, 2.45) is 0 Å². The zero-order valence-corrected chi connectivity index (χ0v) is 14.1. The van der Waals surface area contributed by atoms with Crippen molar-refractivity contribution in [3.05, 3.63) is 52.7 Å². The van der Waals surface area contributed by atoms with Crippen molar-refractivity contribution in [3.63, 3.8) is 0 Å². The number of carbonyl (C=O) groups is 1. The van der Waals surface area contributed by atoms with Crippen molar-refractivity contribution in [1.82, 2.24) is 10.3 Å². The minimum absolute atomic E-state index is 0.105. The summed E-state index contributed by atoms with van der Waals surface area (Å²) in [4.78, 5) is 19.2. The molecule has 2 heterocycles. The second-order valence-corrected chi connectivity index (χ2v) is 7.68. The summed E-state index contributed by atoms with van der Waals surface area (Å²) < 4.78 is 0. The number of rotatable bonds is 5. The van der Waals surface area contributed by atoms with E-state index in [1.165, 1.54) is 0 Å². The summed E-state index contributed by atoms with van der Waals surface area (Å²) in [6, 6.07) is 14.6. The normalized spacial score (nSPS) is 13.9. The van der Waals surface area contributed by atoms with E-state index in [0.717, 1.165) is 38.9 Å². The van der Waals surface area contributed by atoms with Gasteiger partial charge in [0.1, 0.15) is 5.01 Å². The minimum atomic E-state index is 0.105. The van der Waals surface area contributed by atoms with Crippen LogP contribution in [0.25, 0.3) is 21.1 Å². The molecule has 1 amide bonds. The topological polar surface area (TPSA) is 42.0 Å². The van der Waals surface area contributed by atoms with E-state index >= 15 is 0 Å². The van der Waals surface area contributed by atoms with E-state index in [2.05, 4.69) is 23.5 Å². The first-order valence-electron chi connectivity index (χ1n) is 7.68. The fourth-order valence-corrected chi connectivity index (χ4v) is 4.32. The summed E-state index contributed by atoms with van der Waals surface area (Å²) >= 11 is 3.29. The molecule has 1 N–H and O–H groups in total. The van der Waals surface area contributed by atoms with Gasteiger partial charge in [-0.15, -0.1) is 22.7 Å². The fraction of sp³-hybridized carbons (Fsp3) is 0.222. The molecular formula is C18H16N2OS2. The van der Waals surface area contributed by atoms with Crippen molar-refractivity contribution in [3.8, 4) is 21.1 Å². The predicted molar refractivity (Wildman–Crippen MR) is 95.7 cm³/mol. The molecule has 116 valence electrons. The lowest BCUT2D eigenvalue weighted by Gasteiger charge is -2.02. The Balaban J connectivity index is 1.67. The summed E-state index contributed by atoms with van der Waals surface area (Å²) in [6.07, 6.45) is 2.64. The lowest BCUT2D eigenvalue weighted by Crippen LogP contribution is -2.26. The van der Waals surface area contributed by atoms with Gasteiger partial charge in [0.2, 0.25) is 5.91 Å². The van der Waals surface area contributed by atoms with Crippen LogP contribution in [0.5, 0.6) is 0 Å². The Kier molecular flexibility index (Phi) is 3.97. The van der Waals surface area contributed by atoms with E-state index in [4.69, 9.17) is 4.98 Å². The first-order valence-corrected chi connectivity index (χ1v) is 9.37. The molecule has 2 aromatic heterocycles. The van der Waals surface area contributed by atoms with Crippen molar-refractivity contribution in [1.29, 1.82) is 0 Å². The zero-order valence-electron chi connectivity index (χ0n) is 12.5. The van der Waals surface area contributed by atoms with Crippen LogP contribution in [0.15, 0.2) is 47.8 Å². The Morgan fingerprint density at radius 1 is 1.17 bits per heavy atom. The van der Waals surface area contributed by atoms with Crippen LogP contribution in [-0.4, -0.2) is 16.9 Å². The molecule has 0 bridgehead atoms. The van der Waals surface area contributed by atoms with Gasteiger partial charge in [-0.3, -0.25) is 4.79 Å². The average molecular weight is 340 g/mol. The summed E-state index contributed by atoms with van der Waals surface area (Å²) in [7, 11) is 0. The van der Waals surface area contributed by atoms with Crippen LogP contribution in [0.2, 0.25) is 0 Å². The highest BCUT2D eigenvalue weighted by Crippen LogP contribution is 2.36. The highest BCUT2D eigenvalue weighted by molar-refractivity contribution is 7.17. The molecule has 4 rings (SSSR count). The first kappa shape index (κ1) is 14.6. The van der Waals surface area contributed by atoms with Crippen molar-refractivity contribution in [2.45, 2.75) is 25.3 Å². The second kappa shape index (κ2) is 6.26. The Labute approximate surface area is 143 Å². The number of nitrogens with one attached hydrogen (secondary N) is 1. The third kappa shape index (κ3) is 3.35. The molecule has 1 aromatic carbocycles. The molecule has 0 saturated heterocycles. The maximum Gasteiger partial charge on any atom is 0.225 e. The Hall–Kier alpha value is -1.98. The first-order chi connectivity index (χ1) is 11.3. The molecule has 0 spiro atoms. The van der Waals surface area contributed by atoms with Crippen LogP contribution in [0.1, 0.15) is 17.7 Å². The van der Waals surface area contributed by atoms with Crippen LogP contribution < -0.4 is 5.32 Å². The number of thiazole rings is 1. The molecule has 1 saturated carbocycles. The van der Waals surface area contributed by atoms with Gasteiger partial charge in [-0.2, -0.15) is 0 Å². The summed E-state index contributed by atoms with van der Waals surface area (Å²) in [6.45, 7) is 0. The lowest BCUT2D eigenvalue weighted by atomic mass is 10.2. The van der Waals surface area contributed by atoms with E-state index in [9.17, 15) is 4.79 Å². The van der Waals surface area contributed by atoms with E-state index in [-0.39, 0.29) is 5.91 Å². The van der Waals surface area contributed by atoms with Crippen LogP contribution in [0, 0.1) is 0 Å². The number of aromatic nitrogens is 1. The van der Waals surface area contributed by atoms with Gasteiger partial charge >= 0.3 is 0 Å². The number of benzene rings is 1. The quantitative estimate of drug-likeness (QED) is 0.750. The van der Waals surface area contributed by atoms with Gasteiger partial charge in [-0.1, -0.05) is 36.4 Å². The zero-order chi connectivity index (χ0) is 15.6. The predicted octanol–water partition coefficient (Wildman–Crippen LogP) is 4.36. The SMILES string of the molecule is O=C(Cc1sc(-c2ccccc2)nc1-c1cccs1)NC1CC1. The van der Waals surface area contributed by atoms with Crippen LogP contribution >= 0.6 is 22.7 Å². The molecule has 5 heteroatoms. The molecule has 1 aliphatic carbocycles. The molecule has 3 aromatic rings. The van der Waals surface area contributed by atoms with Crippen molar-refractivity contribution in [2.75, 3.05) is 0 Å². The van der Waals surface area contributed by atoms with E-state index in [0.29, 0.717) is 12.5 Å². The number of hydrogen-bond donors (Lipinski definition) is 1. The van der Waals surface area contributed by atoms with Crippen LogP contribution in [-0.2, 0) is 11.2 Å². The Morgan fingerprint density at radius 3 is 2.70 bits per heavy atom. The molecule has 0 radical (unpaired) electrons. The summed E-state index contributed by atoms with van der Waals surface area (Å²) in [5.74, 6) is 0.105. The number of thiophene rings is 1. The number of hydrogen-bond acceptors (Lipinski definition) is 4. The highest BCUT2D eigenvalue weighted by atomic mass is 32.1. The number of carbonyl (C=O) groups excluding carboxylic acids is 1. The molecule has 0 aliphatic heterocycles. The number of amides is 1. The van der Waals surface area contributed by atoms with Gasteiger partial charge in [0.25, 0.3) is 0 Å². The lowest BCUT2D eigenvalue weighted by molar-refractivity contribution is -0.120. The van der Waals surface area contributed by atoms with E-state index in [1.807, 2.05) is 29.6 Å². The maximum absolute atomic E-state index is 12.2. The van der Waals surface area contributed by atoms with E-state index in [1.54, 1.807) is 22.7 Å². The highest BCUT2D eigenvalue weighted by Gasteiger charge is 2.24. The van der Waals surface area contributed by atoms with Crippen molar-refractivity contribution < 1.29 is 4.79 Å². The summed E-state index contributed by atoms with van der Waals surface area (Å²) in [5.41, 5.74) is 2.05. The maximum atomic E-state index is 12.2. The van der Waals surface area contributed by atoms with Gasteiger partial charge in [0.15, 0.2) is 0 Å². The van der Waals surface area contributed by atoms with E-state index < -0.39 is 0 Å². The minimum Gasteiger partial charge on any atom is -0.353 e. The molecule has 3 nitrogen and oxygen atoms in total. The molecular weight excluding hydrogens is 324 g/mol. The summed E-state index contributed by atoms with van der Waals surface area (Å²) in [5, 5.41) is 6.09. The third-order valence-corrected chi connectivity index (χ3v) is 5.72. The molecule has 0 atom stereocenters. The van der Waals surface area contributed by atoms with Gasteiger partial charge in [-0.25, -0.2) is 4.98 Å². The molecule has 1 aliphatic rings. The molecule has 0 unspecified atom stereocenters. The standard InChI is InChI=1S/C18H16N2OS2/c21-16(19-13-8-9-13)11-15-17(14-7-4-10-22-14)20-18(23-15)12-5-2-1-3-6-12/h1-7,10,13H,8-9,11H2,(H,19,21). The van der Waals surface area contributed by atoms with Crippen LogP contribution in [0.4, 0.5) is 0 Å². The average Bonchev–Trinajstić information content (AvgIpc) is 3.05. The van der Waals surface area contributed by atoms with Gasteiger partial charge in [-0.05, 0) is 24.3 Å². The van der Waals surface area contributed by atoms with Gasteiger partial charge in [0.05, 0.1) is 17.0 Å². The van der Waals surface area contributed by atoms with Crippen molar-refractivity contribution >= 4 is 28.6 Å². The Morgan fingerprint density at radius 2 is 2.00 bits per heavy atom. The monoisotopic (exact) mass is 340 g/mol. The van der Waals surface area contributed by atoms with Gasteiger partial charge in [0, 0.05) is 16.5 Å². The van der Waals surface area contributed by atoms with Crippen LogP contribution in [0.3, 0.4) is 0 Å². The Bertz CT molecular complexity index is 805. The van der Waals surface area contributed by atoms with Gasteiger partial charge < -0.3 is 5.32 Å². The largest absolute Gasteiger partial charge is 0.353 e. The second-order valence-electron chi connectivity index (χ2n) is 5.65. The molecule has 23 heavy (non-hydrogen) atoms. The molecule has 1 fully saturated rings. The number of nitrogens with zero attached hydrogens (tertiary/aromatic N) is 1. The third-order valence-electron chi connectivity index (χ3n) is 3.74. The fourth-order valence-electron chi connectivity index (χ4n) is 2.43.